The minimum Gasteiger partial charge on any atom is -0.497 e. The van der Waals surface area contributed by atoms with E-state index in [9.17, 15) is 9.59 Å². The van der Waals surface area contributed by atoms with E-state index in [1.807, 2.05) is 24.3 Å². The maximum atomic E-state index is 12.8. The quantitative estimate of drug-likeness (QED) is 0.717. The van der Waals surface area contributed by atoms with Crippen molar-refractivity contribution in [1.29, 1.82) is 0 Å². The SMILES string of the molecule is COc1cccc(Cc2nc3c(c(=O)[nH]2)CN(C(=O)c2cccc(Cl)c2)CC3)c1. The van der Waals surface area contributed by atoms with Gasteiger partial charge in [0.25, 0.3) is 11.5 Å². The lowest BCUT2D eigenvalue weighted by Crippen LogP contribution is -2.39. The fourth-order valence-corrected chi connectivity index (χ4v) is 3.70. The van der Waals surface area contributed by atoms with Crippen molar-refractivity contribution in [2.24, 2.45) is 0 Å². The van der Waals surface area contributed by atoms with Crippen molar-refractivity contribution in [3.8, 4) is 5.75 Å². The average Bonchev–Trinajstić information content (AvgIpc) is 2.73. The van der Waals surface area contributed by atoms with Crippen molar-refractivity contribution in [1.82, 2.24) is 14.9 Å². The number of nitrogens with zero attached hydrogens (tertiary/aromatic N) is 2. The predicted molar refractivity (Wildman–Crippen MR) is 111 cm³/mol. The third-order valence-electron chi connectivity index (χ3n) is 4.98. The molecular weight excluding hydrogens is 390 g/mol. The average molecular weight is 410 g/mol. The van der Waals surface area contributed by atoms with Gasteiger partial charge in [0.1, 0.15) is 11.6 Å². The van der Waals surface area contributed by atoms with Gasteiger partial charge >= 0.3 is 0 Å². The summed E-state index contributed by atoms with van der Waals surface area (Å²) >= 11 is 5.99. The Morgan fingerprint density at radius 1 is 1.24 bits per heavy atom. The van der Waals surface area contributed by atoms with Crippen molar-refractivity contribution in [3.63, 3.8) is 0 Å². The Kier molecular flexibility index (Phi) is 5.36. The summed E-state index contributed by atoms with van der Waals surface area (Å²) < 4.78 is 5.25. The molecule has 1 aromatic heterocycles. The maximum Gasteiger partial charge on any atom is 0.256 e. The first kappa shape index (κ1) is 19.2. The molecule has 1 aliphatic rings. The number of carbonyl (C=O) groups is 1. The number of rotatable bonds is 4. The molecule has 2 aromatic carbocycles. The van der Waals surface area contributed by atoms with E-state index in [-0.39, 0.29) is 18.0 Å². The molecule has 0 radical (unpaired) electrons. The van der Waals surface area contributed by atoms with Crippen LogP contribution in [-0.2, 0) is 19.4 Å². The van der Waals surface area contributed by atoms with E-state index in [0.29, 0.717) is 41.4 Å². The van der Waals surface area contributed by atoms with Crippen LogP contribution in [-0.4, -0.2) is 34.4 Å². The number of aromatic nitrogens is 2. The molecule has 148 valence electrons. The molecule has 0 unspecified atom stereocenters. The summed E-state index contributed by atoms with van der Waals surface area (Å²) in [5, 5.41) is 0.509. The summed E-state index contributed by atoms with van der Waals surface area (Å²) in [6.45, 7) is 0.746. The summed E-state index contributed by atoms with van der Waals surface area (Å²) in [5.41, 5.74) is 2.61. The van der Waals surface area contributed by atoms with E-state index in [1.165, 1.54) is 0 Å². The zero-order chi connectivity index (χ0) is 20.4. The number of hydrogen-bond donors (Lipinski definition) is 1. The van der Waals surface area contributed by atoms with Gasteiger partial charge in [-0.3, -0.25) is 9.59 Å². The van der Waals surface area contributed by atoms with Crippen LogP contribution in [0.5, 0.6) is 5.75 Å². The number of hydrogen-bond acceptors (Lipinski definition) is 4. The van der Waals surface area contributed by atoms with Crippen molar-refractivity contribution >= 4 is 17.5 Å². The second kappa shape index (κ2) is 8.09. The van der Waals surface area contributed by atoms with Gasteiger partial charge in [-0.25, -0.2) is 4.98 Å². The van der Waals surface area contributed by atoms with Crippen molar-refractivity contribution in [2.75, 3.05) is 13.7 Å². The first-order valence-corrected chi connectivity index (χ1v) is 9.70. The zero-order valence-electron chi connectivity index (χ0n) is 15.9. The van der Waals surface area contributed by atoms with E-state index < -0.39 is 0 Å². The second-order valence-corrected chi connectivity index (χ2v) is 7.39. The van der Waals surface area contributed by atoms with Crippen LogP contribution in [0, 0.1) is 0 Å². The number of aromatic amines is 1. The third-order valence-corrected chi connectivity index (χ3v) is 5.22. The van der Waals surface area contributed by atoms with Crippen molar-refractivity contribution < 1.29 is 9.53 Å². The molecule has 6 nitrogen and oxygen atoms in total. The van der Waals surface area contributed by atoms with Gasteiger partial charge in [0.2, 0.25) is 0 Å². The van der Waals surface area contributed by atoms with Gasteiger partial charge in [-0.05, 0) is 35.9 Å². The normalized spacial score (nSPS) is 13.1. The molecule has 0 bridgehead atoms. The lowest BCUT2D eigenvalue weighted by molar-refractivity contribution is 0.0732. The van der Waals surface area contributed by atoms with Gasteiger partial charge in [0.05, 0.1) is 24.9 Å². The van der Waals surface area contributed by atoms with Gasteiger partial charge in [0.15, 0.2) is 0 Å². The van der Waals surface area contributed by atoms with Crippen LogP contribution in [0.15, 0.2) is 53.3 Å². The molecule has 1 N–H and O–H groups in total. The molecule has 0 spiro atoms. The topological polar surface area (TPSA) is 75.3 Å². The molecular formula is C22H20ClN3O3. The van der Waals surface area contributed by atoms with Crippen LogP contribution in [0.25, 0.3) is 0 Å². The Morgan fingerprint density at radius 3 is 2.86 bits per heavy atom. The molecule has 4 rings (SSSR count). The summed E-state index contributed by atoms with van der Waals surface area (Å²) in [4.78, 5) is 34.6. The molecule has 3 aromatic rings. The number of nitrogens with one attached hydrogen (secondary N) is 1. The highest BCUT2D eigenvalue weighted by Crippen LogP contribution is 2.20. The Labute approximate surface area is 173 Å². The molecule has 29 heavy (non-hydrogen) atoms. The monoisotopic (exact) mass is 409 g/mol. The Balaban J connectivity index is 1.55. The highest BCUT2D eigenvalue weighted by molar-refractivity contribution is 6.30. The van der Waals surface area contributed by atoms with Gasteiger partial charge in [-0.1, -0.05) is 29.8 Å². The summed E-state index contributed by atoms with van der Waals surface area (Å²) in [7, 11) is 1.62. The molecule has 0 aliphatic carbocycles. The van der Waals surface area contributed by atoms with Gasteiger partial charge in [-0.2, -0.15) is 0 Å². The Hall–Kier alpha value is -3.12. The van der Waals surface area contributed by atoms with Crippen molar-refractivity contribution in [3.05, 3.63) is 92.1 Å². The summed E-state index contributed by atoms with van der Waals surface area (Å²) in [6, 6.07) is 14.5. The standard InChI is InChI=1S/C22H20ClN3O3/c1-29-17-7-2-4-14(10-17)11-20-24-19-8-9-26(13-18(19)21(27)25-20)22(28)15-5-3-6-16(23)12-15/h2-7,10,12H,8-9,11,13H2,1H3,(H,24,25,27). The molecule has 0 saturated carbocycles. The van der Waals surface area contributed by atoms with E-state index in [1.54, 1.807) is 36.3 Å². The van der Waals surface area contributed by atoms with E-state index in [2.05, 4.69) is 9.97 Å². The second-order valence-electron chi connectivity index (χ2n) is 6.95. The van der Waals surface area contributed by atoms with Crippen LogP contribution in [0.3, 0.4) is 0 Å². The Morgan fingerprint density at radius 2 is 2.07 bits per heavy atom. The van der Waals surface area contributed by atoms with Gasteiger partial charge in [-0.15, -0.1) is 0 Å². The lowest BCUT2D eigenvalue weighted by Gasteiger charge is -2.28. The lowest BCUT2D eigenvalue weighted by atomic mass is 10.0. The number of H-pyrrole nitrogens is 1. The number of ether oxygens (including phenoxy) is 1. The summed E-state index contributed by atoms with van der Waals surface area (Å²) in [6.07, 6.45) is 1.04. The highest BCUT2D eigenvalue weighted by atomic mass is 35.5. The first-order chi connectivity index (χ1) is 14.0. The minimum atomic E-state index is -0.198. The number of benzene rings is 2. The smallest absolute Gasteiger partial charge is 0.256 e. The third kappa shape index (κ3) is 4.17. The molecule has 1 aliphatic heterocycles. The van der Waals surface area contributed by atoms with E-state index >= 15 is 0 Å². The zero-order valence-corrected chi connectivity index (χ0v) is 16.7. The molecule has 7 heteroatoms. The maximum absolute atomic E-state index is 12.8. The van der Waals surface area contributed by atoms with Crippen LogP contribution in [0.4, 0.5) is 0 Å². The molecule has 0 atom stereocenters. The molecule has 0 fully saturated rings. The summed E-state index contributed by atoms with van der Waals surface area (Å²) in [5.74, 6) is 1.23. The molecule has 0 saturated heterocycles. The minimum absolute atomic E-state index is 0.141. The van der Waals surface area contributed by atoms with Crippen LogP contribution in [0.2, 0.25) is 5.02 Å². The van der Waals surface area contributed by atoms with Crippen LogP contribution >= 0.6 is 11.6 Å². The fourth-order valence-electron chi connectivity index (χ4n) is 3.51. The van der Waals surface area contributed by atoms with Crippen LogP contribution in [0.1, 0.15) is 33.0 Å². The number of fused-ring (bicyclic) bond motifs is 1. The highest BCUT2D eigenvalue weighted by Gasteiger charge is 2.25. The number of carbonyl (C=O) groups excluding carboxylic acids is 1. The van der Waals surface area contributed by atoms with Gasteiger partial charge < -0.3 is 14.6 Å². The van der Waals surface area contributed by atoms with Crippen molar-refractivity contribution in [2.45, 2.75) is 19.4 Å². The predicted octanol–water partition coefficient (Wildman–Crippen LogP) is 3.22. The van der Waals surface area contributed by atoms with E-state index in [0.717, 1.165) is 17.0 Å². The molecule has 2 heterocycles. The van der Waals surface area contributed by atoms with E-state index in [4.69, 9.17) is 16.3 Å². The number of amides is 1. The largest absolute Gasteiger partial charge is 0.497 e. The van der Waals surface area contributed by atoms with Gasteiger partial charge in [0, 0.05) is 30.0 Å². The Bertz CT molecular complexity index is 1130. The number of methoxy groups -OCH3 is 1. The number of halogens is 1. The molecule has 1 amide bonds. The first-order valence-electron chi connectivity index (χ1n) is 9.32. The fraction of sp³-hybridized carbons (Fsp3) is 0.227. The van der Waals surface area contributed by atoms with Crippen LogP contribution < -0.4 is 10.3 Å².